The minimum atomic E-state index is -0.281. The molecule has 4 heteroatoms. The van der Waals surface area contributed by atoms with E-state index in [1.807, 2.05) is 0 Å². The summed E-state index contributed by atoms with van der Waals surface area (Å²) in [4.78, 5) is 0. The molecule has 0 aliphatic carbocycles. The summed E-state index contributed by atoms with van der Waals surface area (Å²) in [6.07, 6.45) is 0.505. The van der Waals surface area contributed by atoms with Crippen molar-refractivity contribution in [1.82, 2.24) is 10.5 Å². The highest BCUT2D eigenvalue weighted by atomic mass is 16.3. The van der Waals surface area contributed by atoms with Gasteiger partial charge in [-0.05, 0) is 13.0 Å². The SMILES string of the molecule is [B]N[C@H]1CNCC[C@H]1O. The van der Waals surface area contributed by atoms with E-state index in [-0.39, 0.29) is 12.1 Å². The van der Waals surface area contributed by atoms with Crippen molar-refractivity contribution in [3.63, 3.8) is 0 Å². The van der Waals surface area contributed by atoms with Crippen molar-refractivity contribution in [2.75, 3.05) is 13.1 Å². The lowest BCUT2D eigenvalue weighted by Crippen LogP contribution is -2.51. The summed E-state index contributed by atoms with van der Waals surface area (Å²) in [6.45, 7) is 1.65. The number of hydrogen-bond acceptors (Lipinski definition) is 3. The zero-order valence-corrected chi connectivity index (χ0v) is 5.30. The molecule has 50 valence electrons. The summed E-state index contributed by atoms with van der Waals surface area (Å²) in [5.41, 5.74) is 0. The summed E-state index contributed by atoms with van der Waals surface area (Å²) in [6, 6.07) is 0.0266. The normalized spacial score (nSPS) is 36.6. The summed E-state index contributed by atoms with van der Waals surface area (Å²) in [5.74, 6) is 0. The smallest absolute Gasteiger partial charge is 0.178 e. The van der Waals surface area contributed by atoms with Crippen LogP contribution in [0.4, 0.5) is 0 Å². The molecule has 0 saturated carbocycles. The summed E-state index contributed by atoms with van der Waals surface area (Å²) >= 11 is 0. The molecule has 1 aliphatic rings. The maximum Gasteiger partial charge on any atom is 0.178 e. The Morgan fingerprint density at radius 2 is 2.44 bits per heavy atom. The zero-order valence-electron chi connectivity index (χ0n) is 5.30. The first-order valence-corrected chi connectivity index (χ1v) is 3.19. The van der Waals surface area contributed by atoms with Gasteiger partial charge in [0, 0.05) is 12.6 Å². The molecule has 9 heavy (non-hydrogen) atoms. The highest BCUT2D eigenvalue weighted by molar-refractivity contribution is 6.04. The van der Waals surface area contributed by atoms with E-state index in [2.05, 4.69) is 10.5 Å². The lowest BCUT2D eigenvalue weighted by Gasteiger charge is -2.27. The predicted octanol–water partition coefficient (Wildman–Crippen LogP) is -1.62. The van der Waals surface area contributed by atoms with Crippen molar-refractivity contribution in [3.05, 3.63) is 0 Å². The second-order valence-electron chi connectivity index (χ2n) is 2.33. The highest BCUT2D eigenvalue weighted by Crippen LogP contribution is 2.01. The highest BCUT2D eigenvalue weighted by Gasteiger charge is 2.19. The molecular weight excluding hydrogens is 115 g/mol. The molecule has 0 aromatic rings. The molecule has 0 aromatic carbocycles. The average molecular weight is 126 g/mol. The second-order valence-corrected chi connectivity index (χ2v) is 2.33. The molecule has 1 aliphatic heterocycles. The van der Waals surface area contributed by atoms with Gasteiger partial charge >= 0.3 is 0 Å². The fourth-order valence-corrected chi connectivity index (χ4v) is 1.01. The van der Waals surface area contributed by atoms with Gasteiger partial charge in [-0.25, -0.2) is 0 Å². The topological polar surface area (TPSA) is 44.3 Å². The van der Waals surface area contributed by atoms with Crippen molar-refractivity contribution in [3.8, 4) is 0 Å². The van der Waals surface area contributed by atoms with Crippen molar-refractivity contribution >= 4 is 7.98 Å². The van der Waals surface area contributed by atoms with Crippen molar-refractivity contribution in [2.45, 2.75) is 18.6 Å². The van der Waals surface area contributed by atoms with E-state index in [0.717, 1.165) is 19.5 Å². The lowest BCUT2D eigenvalue weighted by molar-refractivity contribution is 0.110. The number of piperidine rings is 1. The number of nitrogens with one attached hydrogen (secondary N) is 2. The van der Waals surface area contributed by atoms with Crippen LogP contribution in [0.25, 0.3) is 0 Å². The monoisotopic (exact) mass is 126 g/mol. The third-order valence-electron chi connectivity index (χ3n) is 1.66. The lowest BCUT2D eigenvalue weighted by atomic mass is 10.0. The van der Waals surface area contributed by atoms with Crippen LogP contribution in [0.2, 0.25) is 0 Å². The number of aliphatic hydroxyl groups excluding tert-OH is 1. The molecule has 1 heterocycles. The van der Waals surface area contributed by atoms with E-state index in [1.54, 1.807) is 0 Å². The number of aliphatic hydroxyl groups is 1. The van der Waals surface area contributed by atoms with Gasteiger partial charge in [-0.15, -0.1) is 0 Å². The molecule has 0 unspecified atom stereocenters. The van der Waals surface area contributed by atoms with E-state index in [1.165, 1.54) is 0 Å². The van der Waals surface area contributed by atoms with E-state index in [9.17, 15) is 5.11 Å². The van der Waals surface area contributed by atoms with Crippen LogP contribution in [0.5, 0.6) is 0 Å². The van der Waals surface area contributed by atoms with Crippen molar-refractivity contribution in [2.24, 2.45) is 0 Å². The van der Waals surface area contributed by atoms with Crippen LogP contribution < -0.4 is 10.5 Å². The maximum absolute atomic E-state index is 9.19. The van der Waals surface area contributed by atoms with E-state index >= 15 is 0 Å². The molecule has 0 amide bonds. The van der Waals surface area contributed by atoms with Gasteiger partial charge in [-0.2, -0.15) is 0 Å². The Kier molecular flexibility index (Phi) is 2.51. The Morgan fingerprint density at radius 1 is 1.67 bits per heavy atom. The summed E-state index contributed by atoms with van der Waals surface area (Å²) in [5, 5.41) is 14.8. The molecule has 0 aromatic heterocycles. The molecule has 2 atom stereocenters. The molecule has 3 N–H and O–H groups in total. The van der Waals surface area contributed by atoms with Crippen LogP contribution in [0.1, 0.15) is 6.42 Å². The molecule has 0 spiro atoms. The molecular formula is C5H11BN2O. The maximum atomic E-state index is 9.19. The van der Waals surface area contributed by atoms with Gasteiger partial charge in [0.2, 0.25) is 0 Å². The average Bonchev–Trinajstić information content (AvgIpc) is 1.89. The van der Waals surface area contributed by atoms with Crippen LogP contribution in [-0.4, -0.2) is 38.3 Å². The first-order chi connectivity index (χ1) is 4.34. The first-order valence-electron chi connectivity index (χ1n) is 3.19. The fraction of sp³-hybridized carbons (Fsp3) is 1.00. The van der Waals surface area contributed by atoms with Crippen LogP contribution >= 0.6 is 0 Å². The molecule has 1 saturated heterocycles. The molecule has 1 rings (SSSR count). The Labute approximate surface area is 56.3 Å². The molecule has 0 bridgehead atoms. The van der Waals surface area contributed by atoms with Gasteiger partial charge in [-0.3, -0.25) is 0 Å². The summed E-state index contributed by atoms with van der Waals surface area (Å²) < 4.78 is 0. The van der Waals surface area contributed by atoms with Crippen LogP contribution in [0.15, 0.2) is 0 Å². The predicted molar refractivity (Wildman–Crippen MR) is 36.2 cm³/mol. The Morgan fingerprint density at radius 3 is 2.89 bits per heavy atom. The van der Waals surface area contributed by atoms with Crippen molar-refractivity contribution < 1.29 is 5.11 Å². The van der Waals surface area contributed by atoms with Gasteiger partial charge in [0.05, 0.1) is 6.10 Å². The quantitative estimate of drug-likeness (QED) is 0.370. The Bertz CT molecular complexity index is 91.0. The van der Waals surface area contributed by atoms with E-state index < -0.39 is 0 Å². The van der Waals surface area contributed by atoms with Crippen LogP contribution in [-0.2, 0) is 0 Å². The largest absolute Gasteiger partial charge is 0.391 e. The van der Waals surface area contributed by atoms with Gasteiger partial charge in [0.15, 0.2) is 7.98 Å². The minimum absolute atomic E-state index is 0.0266. The van der Waals surface area contributed by atoms with E-state index in [0.29, 0.717) is 0 Å². The number of hydrogen-bond donors (Lipinski definition) is 3. The molecule has 3 nitrogen and oxygen atoms in total. The first kappa shape index (κ1) is 7.06. The number of rotatable bonds is 1. The van der Waals surface area contributed by atoms with Gasteiger partial charge in [-0.1, -0.05) is 0 Å². The standard InChI is InChI=1S/C5H11BN2O/c6-8-4-3-7-2-1-5(4)9/h4-5,7-9H,1-3H2/t4-,5+/m0/s1. The van der Waals surface area contributed by atoms with Gasteiger partial charge in [0.1, 0.15) is 0 Å². The molecule has 1 fully saturated rings. The van der Waals surface area contributed by atoms with E-state index in [4.69, 9.17) is 7.98 Å². The van der Waals surface area contributed by atoms with Gasteiger partial charge < -0.3 is 15.7 Å². The molecule has 2 radical (unpaired) electrons. The van der Waals surface area contributed by atoms with Crippen LogP contribution in [0, 0.1) is 0 Å². The Hall–Kier alpha value is -0.0551. The third kappa shape index (κ3) is 1.68. The zero-order chi connectivity index (χ0) is 6.69. The van der Waals surface area contributed by atoms with Crippen LogP contribution in [0.3, 0.4) is 0 Å². The fourth-order valence-electron chi connectivity index (χ4n) is 1.01. The van der Waals surface area contributed by atoms with Gasteiger partial charge in [0.25, 0.3) is 0 Å². The second kappa shape index (κ2) is 3.20. The minimum Gasteiger partial charge on any atom is -0.391 e. The van der Waals surface area contributed by atoms with Crippen molar-refractivity contribution in [1.29, 1.82) is 0 Å². The summed E-state index contributed by atoms with van der Waals surface area (Å²) in [7, 11) is 5.14. The Balaban J connectivity index is 2.30. The third-order valence-corrected chi connectivity index (χ3v) is 1.66.